The Morgan fingerprint density at radius 2 is 1.79 bits per heavy atom. The summed E-state index contributed by atoms with van der Waals surface area (Å²) in [6.45, 7) is 5.31. The molecule has 0 aliphatic heterocycles. The third kappa shape index (κ3) is 7.03. The maximum atomic E-state index is 12.5. The lowest BCUT2D eigenvalue weighted by Crippen LogP contribution is -2.27. The van der Waals surface area contributed by atoms with Crippen LogP contribution in [0.2, 0.25) is 0 Å². The number of hydrogen-bond acceptors (Lipinski definition) is 8. The van der Waals surface area contributed by atoms with E-state index in [9.17, 15) is 22.8 Å². The van der Waals surface area contributed by atoms with Gasteiger partial charge < -0.3 is 14.8 Å². The normalized spacial score (nSPS) is 11.2. The molecule has 0 saturated carbocycles. The number of esters is 2. The Kier molecular flexibility index (Phi) is 9.00. The third-order valence-corrected chi connectivity index (χ3v) is 6.66. The molecule has 0 spiro atoms. The van der Waals surface area contributed by atoms with E-state index in [1.807, 2.05) is 13.8 Å². The minimum atomic E-state index is -3.60. The van der Waals surface area contributed by atoms with Crippen LogP contribution in [0.25, 0.3) is 0 Å². The van der Waals surface area contributed by atoms with E-state index in [1.165, 1.54) is 30.5 Å². The number of carbonyl (C=O) groups excluding carboxylic acids is 3. The van der Waals surface area contributed by atoms with Gasteiger partial charge in [0, 0.05) is 7.05 Å². The minimum Gasteiger partial charge on any atom is -0.462 e. The van der Waals surface area contributed by atoms with Crippen LogP contribution in [0, 0.1) is 5.92 Å². The first-order valence-corrected chi connectivity index (χ1v) is 13.0. The van der Waals surface area contributed by atoms with Crippen molar-refractivity contribution in [3.8, 4) is 0 Å². The Hall–Kier alpha value is -2.92. The van der Waals surface area contributed by atoms with Gasteiger partial charge >= 0.3 is 11.9 Å². The van der Waals surface area contributed by atoms with Gasteiger partial charge in [-0.05, 0) is 42.3 Å². The van der Waals surface area contributed by atoms with Crippen LogP contribution >= 0.6 is 11.3 Å². The second-order valence-electron chi connectivity index (χ2n) is 7.66. The second kappa shape index (κ2) is 11.3. The number of ether oxygens (including phenoxy) is 2. The van der Waals surface area contributed by atoms with E-state index in [4.69, 9.17) is 9.47 Å². The van der Waals surface area contributed by atoms with Gasteiger partial charge in [-0.2, -0.15) is 0 Å². The zero-order valence-electron chi connectivity index (χ0n) is 19.2. The van der Waals surface area contributed by atoms with E-state index < -0.39 is 34.5 Å². The molecule has 0 radical (unpaired) electrons. The fourth-order valence-electron chi connectivity index (χ4n) is 2.97. The van der Waals surface area contributed by atoms with E-state index in [0.717, 1.165) is 16.1 Å². The lowest BCUT2D eigenvalue weighted by atomic mass is 10.0. The van der Waals surface area contributed by atoms with Gasteiger partial charge in [0.25, 0.3) is 5.91 Å². The molecule has 180 valence electrons. The molecule has 1 heterocycles. The molecule has 0 atom stereocenters. The second-order valence-corrected chi connectivity index (χ2v) is 10.5. The predicted molar refractivity (Wildman–Crippen MR) is 127 cm³/mol. The number of sulfonamides is 1. The van der Waals surface area contributed by atoms with E-state index in [1.54, 1.807) is 24.4 Å². The average Bonchev–Trinajstić information content (AvgIpc) is 3.12. The van der Waals surface area contributed by atoms with Crippen LogP contribution in [0.3, 0.4) is 0 Å². The maximum absolute atomic E-state index is 12.5. The Bertz CT molecular complexity index is 1120. The fraction of sp³-hybridized carbons (Fsp3) is 0.409. The van der Waals surface area contributed by atoms with Gasteiger partial charge in [-0.25, -0.2) is 18.0 Å². The van der Waals surface area contributed by atoms with Crippen LogP contribution in [0.4, 0.5) is 10.7 Å². The molecule has 9 nitrogen and oxygen atoms in total. The molecule has 11 heteroatoms. The predicted octanol–water partition coefficient (Wildman–Crippen LogP) is 3.31. The standard InChI is InChI=1S/C22H28N2O7S2/c1-6-30-22(27)19-15(11-14(2)3)13-32-20(19)23-18(25)12-31-21(26)16-9-7-8-10-17(16)24(4)33(5,28)29/h7-10,13-14H,6,11-12H2,1-5H3,(H,23,25). The van der Waals surface area contributed by atoms with E-state index >= 15 is 0 Å². The zero-order valence-corrected chi connectivity index (χ0v) is 20.8. The molecule has 1 aromatic carbocycles. The Morgan fingerprint density at radius 1 is 1.12 bits per heavy atom. The van der Waals surface area contributed by atoms with Crippen LogP contribution in [0.5, 0.6) is 0 Å². The largest absolute Gasteiger partial charge is 0.462 e. The number of amides is 1. The average molecular weight is 497 g/mol. The summed E-state index contributed by atoms with van der Waals surface area (Å²) in [5, 5.41) is 4.73. The summed E-state index contributed by atoms with van der Waals surface area (Å²) >= 11 is 1.19. The molecule has 0 aliphatic carbocycles. The van der Waals surface area contributed by atoms with Gasteiger partial charge in [-0.15, -0.1) is 11.3 Å². The number of thiophene rings is 1. The lowest BCUT2D eigenvalue weighted by Gasteiger charge is -2.19. The first-order valence-electron chi connectivity index (χ1n) is 10.2. The number of nitrogens with one attached hydrogen (secondary N) is 1. The number of hydrogen-bond donors (Lipinski definition) is 1. The lowest BCUT2D eigenvalue weighted by molar-refractivity contribution is -0.119. The van der Waals surface area contributed by atoms with Crippen molar-refractivity contribution in [3.05, 3.63) is 46.3 Å². The molecule has 2 rings (SSSR count). The molecule has 33 heavy (non-hydrogen) atoms. The number of benzene rings is 1. The van der Waals surface area contributed by atoms with Gasteiger partial charge in [0.2, 0.25) is 10.0 Å². The van der Waals surface area contributed by atoms with Gasteiger partial charge in [0.15, 0.2) is 6.61 Å². The van der Waals surface area contributed by atoms with Crippen molar-refractivity contribution in [2.75, 3.05) is 36.1 Å². The Balaban J connectivity index is 2.14. The number of carbonyl (C=O) groups is 3. The van der Waals surface area contributed by atoms with Crippen molar-refractivity contribution in [1.29, 1.82) is 0 Å². The van der Waals surface area contributed by atoms with Crippen molar-refractivity contribution >= 4 is 49.9 Å². The summed E-state index contributed by atoms with van der Waals surface area (Å²) < 4.78 is 34.9. The molecule has 0 aliphatic rings. The highest BCUT2D eigenvalue weighted by Gasteiger charge is 2.24. The first-order chi connectivity index (χ1) is 15.5. The number of para-hydroxylation sites is 1. The van der Waals surface area contributed by atoms with Crippen LogP contribution in [-0.4, -0.2) is 52.8 Å². The van der Waals surface area contributed by atoms with E-state index in [-0.39, 0.29) is 17.9 Å². The fourth-order valence-corrected chi connectivity index (χ4v) is 4.47. The van der Waals surface area contributed by atoms with Crippen LogP contribution < -0.4 is 9.62 Å². The van der Waals surface area contributed by atoms with Crippen LogP contribution in [0.1, 0.15) is 47.1 Å². The molecule has 1 amide bonds. The van der Waals surface area contributed by atoms with Crippen molar-refractivity contribution in [2.45, 2.75) is 27.2 Å². The zero-order chi connectivity index (χ0) is 24.8. The Labute approximate surface area is 197 Å². The summed E-state index contributed by atoms with van der Waals surface area (Å²) in [7, 11) is -2.29. The van der Waals surface area contributed by atoms with Crippen molar-refractivity contribution < 1.29 is 32.3 Å². The molecule has 2 aromatic rings. The third-order valence-electron chi connectivity index (χ3n) is 4.52. The molecule has 0 bridgehead atoms. The summed E-state index contributed by atoms with van der Waals surface area (Å²) in [6, 6.07) is 6.02. The van der Waals surface area contributed by atoms with Gasteiger partial charge in [0.05, 0.1) is 29.7 Å². The molecular formula is C22H28N2O7S2. The summed E-state index contributed by atoms with van der Waals surface area (Å²) in [5.41, 5.74) is 1.21. The van der Waals surface area contributed by atoms with E-state index in [2.05, 4.69) is 5.32 Å². The summed E-state index contributed by atoms with van der Waals surface area (Å²) in [5.74, 6) is -1.73. The van der Waals surface area contributed by atoms with Crippen molar-refractivity contribution in [1.82, 2.24) is 0 Å². The van der Waals surface area contributed by atoms with Crippen LogP contribution in [0.15, 0.2) is 29.6 Å². The van der Waals surface area contributed by atoms with Crippen LogP contribution in [-0.2, 0) is 30.7 Å². The molecule has 0 fully saturated rings. The topological polar surface area (TPSA) is 119 Å². The molecule has 0 unspecified atom stereocenters. The van der Waals surface area contributed by atoms with Gasteiger partial charge in [-0.3, -0.25) is 9.10 Å². The number of anilines is 2. The highest BCUT2D eigenvalue weighted by atomic mass is 32.2. The highest BCUT2D eigenvalue weighted by Crippen LogP contribution is 2.31. The van der Waals surface area contributed by atoms with Gasteiger partial charge in [0.1, 0.15) is 5.00 Å². The summed E-state index contributed by atoms with van der Waals surface area (Å²) in [6.07, 6.45) is 1.65. The maximum Gasteiger partial charge on any atom is 0.341 e. The SMILES string of the molecule is CCOC(=O)c1c(CC(C)C)csc1NC(=O)COC(=O)c1ccccc1N(C)S(C)(=O)=O. The smallest absolute Gasteiger partial charge is 0.341 e. The molecule has 1 aromatic heterocycles. The van der Waals surface area contributed by atoms with E-state index in [0.29, 0.717) is 22.9 Å². The highest BCUT2D eigenvalue weighted by molar-refractivity contribution is 7.92. The number of rotatable bonds is 10. The van der Waals surface area contributed by atoms with Crippen molar-refractivity contribution in [3.63, 3.8) is 0 Å². The number of nitrogens with zero attached hydrogens (tertiary/aromatic N) is 1. The van der Waals surface area contributed by atoms with Gasteiger partial charge in [-0.1, -0.05) is 26.0 Å². The monoisotopic (exact) mass is 496 g/mol. The van der Waals surface area contributed by atoms with Crippen molar-refractivity contribution in [2.24, 2.45) is 5.92 Å². The first kappa shape index (κ1) is 26.3. The minimum absolute atomic E-state index is 0.000723. The summed E-state index contributed by atoms with van der Waals surface area (Å²) in [4.78, 5) is 37.4. The molecular weight excluding hydrogens is 468 g/mol. The molecule has 1 N–H and O–H groups in total. The Morgan fingerprint density at radius 3 is 2.39 bits per heavy atom. The quantitative estimate of drug-likeness (QED) is 0.501. The molecule has 0 saturated heterocycles.